The van der Waals surface area contributed by atoms with E-state index in [4.69, 9.17) is 0 Å². The van der Waals surface area contributed by atoms with Crippen LogP contribution in [0.4, 0.5) is 23.0 Å². The Hall–Kier alpha value is -3.46. The number of nitrogens with zero attached hydrogens (tertiary/aromatic N) is 4. The lowest BCUT2D eigenvalue weighted by Crippen LogP contribution is -2.43. The molecule has 2 aliphatic rings. The molecule has 0 radical (unpaired) electrons. The van der Waals surface area contributed by atoms with Crippen LogP contribution in [-0.4, -0.2) is 52.3 Å². The van der Waals surface area contributed by atoms with Crippen molar-refractivity contribution in [1.82, 2.24) is 25.5 Å². The Labute approximate surface area is 187 Å². The van der Waals surface area contributed by atoms with E-state index in [2.05, 4.69) is 41.0 Å². The Morgan fingerprint density at radius 1 is 1.06 bits per heavy atom. The third-order valence-electron chi connectivity index (χ3n) is 6.17. The molecule has 0 unspecified atom stereocenters. The lowest BCUT2D eigenvalue weighted by molar-refractivity contribution is 0.102. The van der Waals surface area contributed by atoms with Crippen molar-refractivity contribution in [3.63, 3.8) is 0 Å². The van der Waals surface area contributed by atoms with E-state index in [1.54, 1.807) is 12.4 Å². The number of hydrogen-bond acceptors (Lipinski definition) is 7. The largest absolute Gasteiger partial charge is 0.369 e. The maximum atomic E-state index is 12.9. The third-order valence-corrected chi connectivity index (χ3v) is 6.17. The lowest BCUT2D eigenvalue weighted by atomic mass is 10.0. The third kappa shape index (κ3) is 4.57. The minimum Gasteiger partial charge on any atom is -0.369 e. The number of benzene rings is 1. The van der Waals surface area contributed by atoms with Gasteiger partial charge in [0.15, 0.2) is 0 Å². The predicted molar refractivity (Wildman–Crippen MR) is 125 cm³/mol. The van der Waals surface area contributed by atoms with Gasteiger partial charge in [0.25, 0.3) is 5.91 Å². The molecule has 3 heterocycles. The Morgan fingerprint density at radius 3 is 2.62 bits per heavy atom. The zero-order valence-electron chi connectivity index (χ0n) is 18.0. The molecule has 4 N–H and O–H groups in total. The summed E-state index contributed by atoms with van der Waals surface area (Å²) in [7, 11) is 0. The summed E-state index contributed by atoms with van der Waals surface area (Å²) in [5.41, 5.74) is 3.83. The second kappa shape index (κ2) is 9.35. The number of nitrogens with one attached hydrogen (secondary N) is 4. The average molecular weight is 433 g/mol. The van der Waals surface area contributed by atoms with E-state index in [1.807, 2.05) is 30.3 Å². The van der Waals surface area contributed by atoms with E-state index in [0.29, 0.717) is 23.2 Å². The highest BCUT2D eigenvalue weighted by Gasteiger charge is 2.20. The molecule has 5 rings (SSSR count). The quantitative estimate of drug-likeness (QED) is 0.473. The van der Waals surface area contributed by atoms with Gasteiger partial charge in [-0.15, -0.1) is 0 Å². The molecule has 9 nitrogen and oxygen atoms in total. The smallest absolute Gasteiger partial charge is 0.275 e. The average Bonchev–Trinajstić information content (AvgIpc) is 3.53. The minimum absolute atomic E-state index is 0.271. The van der Waals surface area contributed by atoms with E-state index in [9.17, 15) is 4.79 Å². The maximum absolute atomic E-state index is 12.9. The maximum Gasteiger partial charge on any atom is 0.275 e. The first kappa shape index (κ1) is 20.4. The number of hydrogen-bond donors (Lipinski definition) is 4. The zero-order valence-corrected chi connectivity index (χ0v) is 18.0. The van der Waals surface area contributed by atoms with Gasteiger partial charge in [0, 0.05) is 55.4 Å². The zero-order chi connectivity index (χ0) is 21.8. The molecule has 0 bridgehead atoms. The van der Waals surface area contributed by atoms with Gasteiger partial charge < -0.3 is 20.9 Å². The standard InChI is InChI=1S/C23H28N8O/c32-22(27-17-5-7-18(8-6-17)31-13-11-24-12-14-31)21-20(15-26-30-21)29-23-25-10-9-19(28-23)16-3-1-2-4-16/h5-10,15-16,24H,1-4,11-14H2,(H,26,30)(H,27,32)(H,25,28,29). The van der Waals surface area contributed by atoms with E-state index >= 15 is 0 Å². The second-order valence-electron chi connectivity index (χ2n) is 8.31. The molecule has 1 aromatic carbocycles. The summed E-state index contributed by atoms with van der Waals surface area (Å²) in [6.07, 6.45) is 8.18. The number of H-pyrrole nitrogens is 1. The highest BCUT2D eigenvalue weighted by Crippen LogP contribution is 2.33. The molecule has 9 heteroatoms. The van der Waals surface area contributed by atoms with Crippen molar-refractivity contribution in [2.45, 2.75) is 31.6 Å². The molecule has 0 atom stereocenters. The van der Waals surface area contributed by atoms with Crippen molar-refractivity contribution in [2.24, 2.45) is 0 Å². The summed E-state index contributed by atoms with van der Waals surface area (Å²) in [5.74, 6) is 0.701. The van der Waals surface area contributed by atoms with Gasteiger partial charge in [0.1, 0.15) is 5.69 Å². The second-order valence-corrected chi connectivity index (χ2v) is 8.31. The lowest BCUT2D eigenvalue weighted by Gasteiger charge is -2.29. The number of rotatable bonds is 6. The van der Waals surface area contributed by atoms with Gasteiger partial charge in [0.05, 0.1) is 11.9 Å². The topological polar surface area (TPSA) is 111 Å². The van der Waals surface area contributed by atoms with Crippen molar-refractivity contribution in [1.29, 1.82) is 0 Å². The van der Waals surface area contributed by atoms with Crippen LogP contribution >= 0.6 is 0 Å². The molecular formula is C23H28N8O. The van der Waals surface area contributed by atoms with Gasteiger partial charge in [-0.2, -0.15) is 5.10 Å². The van der Waals surface area contributed by atoms with Crippen molar-refractivity contribution >= 4 is 28.9 Å². The SMILES string of the molecule is O=C(Nc1ccc(N2CCNCC2)cc1)c1[nH]ncc1Nc1nccc(C2CCCC2)n1. The Morgan fingerprint density at radius 2 is 1.84 bits per heavy atom. The molecule has 3 aromatic rings. The van der Waals surface area contributed by atoms with Crippen LogP contribution in [0.1, 0.15) is 47.8 Å². The van der Waals surface area contributed by atoms with Crippen LogP contribution in [0.2, 0.25) is 0 Å². The molecule has 0 spiro atoms. The Kier molecular flexibility index (Phi) is 5.98. The van der Waals surface area contributed by atoms with Crippen LogP contribution in [0.3, 0.4) is 0 Å². The van der Waals surface area contributed by atoms with E-state index in [1.165, 1.54) is 25.7 Å². The fourth-order valence-corrected chi connectivity index (χ4v) is 4.43. The minimum atomic E-state index is -0.271. The van der Waals surface area contributed by atoms with Gasteiger partial charge in [-0.1, -0.05) is 12.8 Å². The summed E-state index contributed by atoms with van der Waals surface area (Å²) in [6.45, 7) is 3.94. The van der Waals surface area contributed by atoms with Crippen molar-refractivity contribution < 1.29 is 4.79 Å². The summed E-state index contributed by atoms with van der Waals surface area (Å²) in [5, 5.41) is 16.3. The first-order valence-corrected chi connectivity index (χ1v) is 11.3. The summed E-state index contributed by atoms with van der Waals surface area (Å²) in [6, 6.07) is 9.90. The molecular weight excluding hydrogens is 404 g/mol. The molecule has 1 aliphatic heterocycles. The van der Waals surface area contributed by atoms with E-state index in [0.717, 1.165) is 43.2 Å². The van der Waals surface area contributed by atoms with Gasteiger partial charge in [0.2, 0.25) is 5.95 Å². The van der Waals surface area contributed by atoms with Gasteiger partial charge in [-0.25, -0.2) is 9.97 Å². The van der Waals surface area contributed by atoms with Crippen molar-refractivity contribution in [3.05, 3.63) is 54.1 Å². The highest BCUT2D eigenvalue weighted by molar-refractivity contribution is 6.06. The van der Waals surface area contributed by atoms with Crippen LogP contribution in [0.5, 0.6) is 0 Å². The molecule has 2 aromatic heterocycles. The first-order chi connectivity index (χ1) is 15.8. The van der Waals surface area contributed by atoms with Crippen LogP contribution < -0.4 is 20.9 Å². The van der Waals surface area contributed by atoms with Crippen LogP contribution in [0.25, 0.3) is 0 Å². The molecule has 1 aliphatic carbocycles. The number of aromatic nitrogens is 4. The van der Waals surface area contributed by atoms with Crippen LogP contribution in [0.15, 0.2) is 42.7 Å². The van der Waals surface area contributed by atoms with E-state index < -0.39 is 0 Å². The normalized spacial score (nSPS) is 16.8. The van der Waals surface area contributed by atoms with Gasteiger partial charge >= 0.3 is 0 Å². The fourth-order valence-electron chi connectivity index (χ4n) is 4.43. The number of carbonyl (C=O) groups excluding carboxylic acids is 1. The molecule has 1 saturated carbocycles. The van der Waals surface area contributed by atoms with Crippen molar-refractivity contribution in [2.75, 3.05) is 41.7 Å². The van der Waals surface area contributed by atoms with Crippen LogP contribution in [0, 0.1) is 0 Å². The molecule has 32 heavy (non-hydrogen) atoms. The first-order valence-electron chi connectivity index (χ1n) is 11.3. The predicted octanol–water partition coefficient (Wildman–Crippen LogP) is 3.26. The summed E-state index contributed by atoms with van der Waals surface area (Å²) >= 11 is 0. The molecule has 1 saturated heterocycles. The fraction of sp³-hybridized carbons (Fsp3) is 0.391. The monoisotopic (exact) mass is 432 g/mol. The molecule has 166 valence electrons. The Balaban J connectivity index is 1.25. The molecule has 1 amide bonds. The number of piperazine rings is 1. The van der Waals surface area contributed by atoms with E-state index in [-0.39, 0.29) is 5.91 Å². The summed E-state index contributed by atoms with van der Waals surface area (Å²) in [4.78, 5) is 24.2. The van der Waals surface area contributed by atoms with Gasteiger partial charge in [-0.3, -0.25) is 9.89 Å². The highest BCUT2D eigenvalue weighted by atomic mass is 16.2. The number of carbonyl (C=O) groups is 1. The number of aromatic amines is 1. The van der Waals surface area contributed by atoms with Gasteiger partial charge in [-0.05, 0) is 43.2 Å². The molecule has 2 fully saturated rings. The number of amides is 1. The summed E-state index contributed by atoms with van der Waals surface area (Å²) < 4.78 is 0. The Bertz CT molecular complexity index is 1050. The number of anilines is 4. The van der Waals surface area contributed by atoms with Crippen molar-refractivity contribution in [3.8, 4) is 0 Å². The van der Waals surface area contributed by atoms with Crippen LogP contribution in [-0.2, 0) is 0 Å².